The lowest BCUT2D eigenvalue weighted by Crippen LogP contribution is -2.54. The zero-order valence-electron chi connectivity index (χ0n) is 12.8. The Hall–Kier alpha value is -1.14. The topological polar surface area (TPSA) is 59.1 Å². The van der Waals surface area contributed by atoms with Gasteiger partial charge in [0, 0.05) is 14.1 Å². The molecule has 0 heterocycles. The van der Waals surface area contributed by atoms with Crippen LogP contribution >= 0.6 is 0 Å². The first kappa shape index (κ1) is 15.3. The second kappa shape index (κ2) is 5.33. The molecule has 0 unspecified atom stereocenters. The number of fused-ring (bicyclic) bond motifs is 3. The van der Waals surface area contributed by atoms with Crippen molar-refractivity contribution in [1.82, 2.24) is 10.1 Å². The summed E-state index contributed by atoms with van der Waals surface area (Å²) in [5, 5.41) is 2.64. The number of nitrogens with zero attached hydrogens (tertiary/aromatic N) is 2. The Morgan fingerprint density at radius 2 is 1.00 bits per heavy atom. The van der Waals surface area contributed by atoms with E-state index in [4.69, 9.17) is 9.68 Å². The Morgan fingerprint density at radius 3 is 1.20 bits per heavy atom. The molecule has 3 aliphatic rings. The highest BCUT2D eigenvalue weighted by molar-refractivity contribution is 5.86. The van der Waals surface area contributed by atoms with Gasteiger partial charge in [-0.25, -0.2) is 10.1 Å². The maximum absolute atomic E-state index is 12.5. The largest absolute Gasteiger partial charge is 0.275 e. The number of carbonyl (C=O) groups is 2. The van der Waals surface area contributed by atoms with Gasteiger partial charge in [-0.3, -0.25) is 19.3 Å². The Bertz CT molecular complexity index is 347. The molecular formula is C14H24N2O4. The minimum Gasteiger partial charge on any atom is -0.275 e. The summed E-state index contributed by atoms with van der Waals surface area (Å²) in [4.78, 5) is 35.0. The first-order valence-electron chi connectivity index (χ1n) is 7.05. The van der Waals surface area contributed by atoms with Crippen molar-refractivity contribution in [3.8, 4) is 0 Å². The molecule has 0 N–H and O–H groups in total. The van der Waals surface area contributed by atoms with Gasteiger partial charge < -0.3 is 0 Å². The summed E-state index contributed by atoms with van der Waals surface area (Å²) < 4.78 is 0. The molecule has 0 aliphatic heterocycles. The fourth-order valence-corrected chi connectivity index (χ4v) is 3.66. The van der Waals surface area contributed by atoms with Crippen molar-refractivity contribution in [3.63, 3.8) is 0 Å². The summed E-state index contributed by atoms with van der Waals surface area (Å²) in [7, 11) is 6.30. The van der Waals surface area contributed by atoms with Gasteiger partial charge in [0.05, 0.1) is 25.0 Å². The van der Waals surface area contributed by atoms with Gasteiger partial charge in [0.2, 0.25) is 0 Å². The second-order valence-electron chi connectivity index (χ2n) is 6.03. The molecule has 0 aromatic rings. The zero-order valence-corrected chi connectivity index (χ0v) is 12.8. The van der Waals surface area contributed by atoms with E-state index in [1.54, 1.807) is 14.1 Å². The Kier molecular flexibility index (Phi) is 4.07. The summed E-state index contributed by atoms with van der Waals surface area (Å²) in [6.07, 6.45) is 4.52. The van der Waals surface area contributed by atoms with Gasteiger partial charge in [-0.15, -0.1) is 0 Å². The van der Waals surface area contributed by atoms with E-state index in [-0.39, 0.29) is 22.6 Å². The van der Waals surface area contributed by atoms with E-state index in [0.29, 0.717) is 0 Å². The third kappa shape index (κ3) is 2.20. The molecule has 3 rings (SSSR count). The molecule has 0 atom stereocenters. The highest BCUT2D eigenvalue weighted by Crippen LogP contribution is 2.58. The van der Waals surface area contributed by atoms with Crippen molar-refractivity contribution in [2.24, 2.45) is 10.8 Å². The van der Waals surface area contributed by atoms with Gasteiger partial charge in [-0.1, -0.05) is 0 Å². The van der Waals surface area contributed by atoms with Crippen molar-refractivity contribution in [2.45, 2.75) is 38.5 Å². The van der Waals surface area contributed by atoms with Crippen LogP contribution in [0, 0.1) is 10.8 Å². The molecule has 2 bridgehead atoms. The summed E-state index contributed by atoms with van der Waals surface area (Å²) in [5.41, 5.74) is -0.670. The van der Waals surface area contributed by atoms with Gasteiger partial charge >= 0.3 is 0 Å². The normalized spacial score (nSPS) is 32.0. The highest BCUT2D eigenvalue weighted by Gasteiger charge is 2.56. The van der Waals surface area contributed by atoms with Crippen molar-refractivity contribution in [2.75, 3.05) is 28.3 Å². The molecule has 0 spiro atoms. The van der Waals surface area contributed by atoms with E-state index in [9.17, 15) is 9.59 Å². The lowest BCUT2D eigenvalue weighted by Gasteiger charge is -2.52. The monoisotopic (exact) mass is 284 g/mol. The van der Waals surface area contributed by atoms with E-state index in [1.165, 1.54) is 24.3 Å². The predicted octanol–water partition coefficient (Wildman–Crippen LogP) is 1.37. The molecule has 2 amide bonds. The quantitative estimate of drug-likeness (QED) is 0.732. The van der Waals surface area contributed by atoms with Crippen LogP contribution in [0.2, 0.25) is 0 Å². The smallest absolute Gasteiger partial charge is 0.252 e. The fraction of sp³-hybridized carbons (Fsp3) is 0.857. The Labute approximate surface area is 119 Å². The molecule has 6 nitrogen and oxygen atoms in total. The molecule has 0 aromatic carbocycles. The third-order valence-corrected chi connectivity index (χ3v) is 5.27. The molecule has 3 aliphatic carbocycles. The highest BCUT2D eigenvalue weighted by atomic mass is 16.7. The van der Waals surface area contributed by atoms with Crippen LogP contribution in [0.1, 0.15) is 38.5 Å². The molecule has 0 radical (unpaired) electrons. The molecule has 0 saturated heterocycles. The molecule has 0 aromatic heterocycles. The van der Waals surface area contributed by atoms with E-state index in [1.807, 2.05) is 0 Å². The SMILES string of the molecule is CON(C)C(=O)C12CCC(C(=O)N(C)OC)(CC1)CC2. The van der Waals surface area contributed by atoms with E-state index >= 15 is 0 Å². The minimum absolute atomic E-state index is 0.0424. The van der Waals surface area contributed by atoms with Gasteiger partial charge in [0.1, 0.15) is 0 Å². The fourth-order valence-electron chi connectivity index (χ4n) is 3.66. The summed E-state index contributed by atoms with van der Waals surface area (Å²) in [6.45, 7) is 0. The number of rotatable bonds is 4. The van der Waals surface area contributed by atoms with Crippen molar-refractivity contribution < 1.29 is 19.3 Å². The molecule has 20 heavy (non-hydrogen) atoms. The number of hydrogen-bond donors (Lipinski definition) is 0. The molecule has 3 fully saturated rings. The van der Waals surface area contributed by atoms with Crippen LogP contribution in [-0.2, 0) is 19.3 Å². The lowest BCUT2D eigenvalue weighted by atomic mass is 9.53. The van der Waals surface area contributed by atoms with Crippen LogP contribution in [0.15, 0.2) is 0 Å². The molecule has 3 saturated carbocycles. The average molecular weight is 284 g/mol. The number of amides is 2. The van der Waals surface area contributed by atoms with Gasteiger partial charge in [0.15, 0.2) is 0 Å². The van der Waals surface area contributed by atoms with Crippen LogP contribution in [0.5, 0.6) is 0 Å². The van der Waals surface area contributed by atoms with Gasteiger partial charge in [0.25, 0.3) is 11.8 Å². The standard InChI is InChI=1S/C14H24N2O4/c1-15(19-3)11(17)13-5-8-14(9-6-13,10-7-13)12(18)16(2)20-4/h5-10H2,1-4H3. The van der Waals surface area contributed by atoms with E-state index in [2.05, 4.69) is 0 Å². The van der Waals surface area contributed by atoms with Crippen molar-refractivity contribution in [1.29, 1.82) is 0 Å². The number of hydrogen-bond acceptors (Lipinski definition) is 4. The van der Waals surface area contributed by atoms with Crippen LogP contribution in [0.25, 0.3) is 0 Å². The number of carbonyl (C=O) groups excluding carboxylic acids is 2. The zero-order chi connectivity index (χ0) is 15.0. The maximum atomic E-state index is 12.5. The van der Waals surface area contributed by atoms with Crippen molar-refractivity contribution >= 4 is 11.8 Å². The van der Waals surface area contributed by atoms with Crippen LogP contribution in [0.3, 0.4) is 0 Å². The second-order valence-corrected chi connectivity index (χ2v) is 6.03. The van der Waals surface area contributed by atoms with Gasteiger partial charge in [-0.05, 0) is 38.5 Å². The average Bonchev–Trinajstić information content (AvgIpc) is 2.53. The lowest BCUT2D eigenvalue weighted by molar-refractivity contribution is -0.200. The Balaban J connectivity index is 2.11. The van der Waals surface area contributed by atoms with Crippen LogP contribution in [-0.4, -0.2) is 50.3 Å². The number of hydroxylamine groups is 4. The molecule has 114 valence electrons. The minimum atomic E-state index is -0.335. The summed E-state index contributed by atoms with van der Waals surface area (Å²) in [6, 6.07) is 0. The molecular weight excluding hydrogens is 260 g/mol. The van der Waals surface area contributed by atoms with Crippen LogP contribution < -0.4 is 0 Å². The first-order chi connectivity index (χ1) is 9.41. The van der Waals surface area contributed by atoms with E-state index < -0.39 is 0 Å². The molecule has 6 heteroatoms. The summed E-state index contributed by atoms with van der Waals surface area (Å²) >= 11 is 0. The first-order valence-corrected chi connectivity index (χ1v) is 7.05. The van der Waals surface area contributed by atoms with Gasteiger partial charge in [-0.2, -0.15) is 0 Å². The van der Waals surface area contributed by atoms with Crippen molar-refractivity contribution in [3.05, 3.63) is 0 Å². The Morgan fingerprint density at radius 1 is 0.750 bits per heavy atom. The summed E-state index contributed by atoms with van der Waals surface area (Å²) in [5.74, 6) is 0.0849. The third-order valence-electron chi connectivity index (χ3n) is 5.27. The van der Waals surface area contributed by atoms with E-state index in [0.717, 1.165) is 38.5 Å². The maximum Gasteiger partial charge on any atom is 0.252 e. The van der Waals surface area contributed by atoms with Crippen LogP contribution in [0.4, 0.5) is 0 Å². The predicted molar refractivity (Wildman–Crippen MR) is 72.1 cm³/mol.